The maximum atomic E-state index is 13.4. The van der Waals surface area contributed by atoms with Gasteiger partial charge in [-0.15, -0.1) is 0 Å². The molecule has 1 amide bonds. The normalized spacial score (nSPS) is 10.3. The monoisotopic (exact) mass is 301 g/mol. The van der Waals surface area contributed by atoms with E-state index >= 15 is 0 Å². The lowest BCUT2D eigenvalue weighted by molar-refractivity contribution is 0.102. The Labute approximate surface area is 118 Å². The number of halogens is 4. The average molecular weight is 302 g/mol. The number of rotatable bonds is 2. The molecule has 2 nitrogen and oxygen atoms in total. The van der Waals surface area contributed by atoms with Crippen LogP contribution in [0.15, 0.2) is 36.4 Å². The average Bonchev–Trinajstić information content (AvgIpc) is 2.26. The first-order valence-electron chi connectivity index (χ1n) is 5.18. The van der Waals surface area contributed by atoms with Crippen LogP contribution in [0.2, 0.25) is 10.0 Å². The summed E-state index contributed by atoms with van der Waals surface area (Å²) in [7, 11) is 0. The van der Waals surface area contributed by atoms with Crippen LogP contribution in [0.3, 0.4) is 0 Å². The van der Waals surface area contributed by atoms with Crippen molar-refractivity contribution in [2.75, 3.05) is 5.32 Å². The summed E-state index contributed by atoms with van der Waals surface area (Å²) in [5.41, 5.74) is 0.0590. The van der Waals surface area contributed by atoms with Gasteiger partial charge in [0.15, 0.2) is 0 Å². The van der Waals surface area contributed by atoms with Crippen molar-refractivity contribution in [3.05, 3.63) is 63.6 Å². The van der Waals surface area contributed by atoms with Gasteiger partial charge in [0.1, 0.15) is 11.6 Å². The Morgan fingerprint density at radius 2 is 1.63 bits per heavy atom. The van der Waals surface area contributed by atoms with Crippen LogP contribution >= 0.6 is 23.2 Å². The van der Waals surface area contributed by atoms with Crippen LogP contribution < -0.4 is 5.32 Å². The standard InChI is InChI=1S/C13H7Cl2F2NO/c14-7-3-8(15)5-10(4-7)18-13(19)11-2-1-9(16)6-12(11)17/h1-6H,(H,18,19). The lowest BCUT2D eigenvalue weighted by atomic mass is 10.2. The van der Waals surface area contributed by atoms with Crippen molar-refractivity contribution in [2.45, 2.75) is 0 Å². The van der Waals surface area contributed by atoms with Crippen LogP contribution in [0, 0.1) is 11.6 Å². The van der Waals surface area contributed by atoms with Crippen molar-refractivity contribution in [3.63, 3.8) is 0 Å². The number of benzene rings is 2. The fourth-order valence-corrected chi connectivity index (χ4v) is 2.02. The predicted molar refractivity (Wildman–Crippen MR) is 70.8 cm³/mol. The number of anilines is 1. The highest BCUT2D eigenvalue weighted by Gasteiger charge is 2.13. The van der Waals surface area contributed by atoms with Gasteiger partial charge in [0.05, 0.1) is 5.56 Å². The summed E-state index contributed by atoms with van der Waals surface area (Å²) in [6, 6.07) is 7.13. The number of hydrogen-bond donors (Lipinski definition) is 1. The molecule has 0 aliphatic rings. The molecule has 0 fully saturated rings. The molecule has 0 bridgehead atoms. The van der Waals surface area contributed by atoms with Crippen molar-refractivity contribution < 1.29 is 13.6 Å². The predicted octanol–water partition coefficient (Wildman–Crippen LogP) is 4.52. The zero-order valence-electron chi connectivity index (χ0n) is 9.38. The molecule has 2 aromatic rings. The Morgan fingerprint density at radius 3 is 2.21 bits per heavy atom. The molecule has 0 aliphatic heterocycles. The van der Waals surface area contributed by atoms with Gasteiger partial charge >= 0.3 is 0 Å². The van der Waals surface area contributed by atoms with Gasteiger partial charge in [-0.3, -0.25) is 4.79 Å². The van der Waals surface area contributed by atoms with Crippen molar-refractivity contribution in [1.82, 2.24) is 0 Å². The molecule has 0 aliphatic carbocycles. The molecule has 19 heavy (non-hydrogen) atoms. The van der Waals surface area contributed by atoms with E-state index < -0.39 is 17.5 Å². The van der Waals surface area contributed by atoms with Gasteiger partial charge in [-0.2, -0.15) is 0 Å². The summed E-state index contributed by atoms with van der Waals surface area (Å²) < 4.78 is 26.1. The topological polar surface area (TPSA) is 29.1 Å². The smallest absolute Gasteiger partial charge is 0.258 e. The summed E-state index contributed by atoms with van der Waals surface area (Å²) >= 11 is 11.5. The molecular weight excluding hydrogens is 295 g/mol. The number of hydrogen-bond acceptors (Lipinski definition) is 1. The SMILES string of the molecule is O=C(Nc1cc(Cl)cc(Cl)c1)c1ccc(F)cc1F. The van der Waals surface area contributed by atoms with E-state index in [1.165, 1.54) is 18.2 Å². The summed E-state index contributed by atoms with van der Waals surface area (Å²) in [6.07, 6.45) is 0. The van der Waals surface area contributed by atoms with Crippen LogP contribution in [-0.4, -0.2) is 5.91 Å². The highest BCUT2D eigenvalue weighted by molar-refractivity contribution is 6.35. The summed E-state index contributed by atoms with van der Waals surface area (Å²) in [6.45, 7) is 0. The van der Waals surface area contributed by atoms with Crippen LogP contribution in [0.1, 0.15) is 10.4 Å². The molecule has 0 spiro atoms. The minimum absolute atomic E-state index is 0.266. The first-order valence-corrected chi connectivity index (χ1v) is 5.94. The molecule has 2 aromatic carbocycles. The van der Waals surface area contributed by atoms with Gasteiger partial charge in [0.25, 0.3) is 5.91 Å². The van der Waals surface area contributed by atoms with Gasteiger partial charge in [-0.25, -0.2) is 8.78 Å². The maximum absolute atomic E-state index is 13.4. The third kappa shape index (κ3) is 3.43. The third-order valence-corrected chi connectivity index (χ3v) is 2.73. The second-order valence-corrected chi connectivity index (χ2v) is 4.61. The summed E-state index contributed by atoms with van der Waals surface area (Å²) in [4.78, 5) is 11.8. The van der Waals surface area contributed by atoms with Gasteiger partial charge < -0.3 is 5.32 Å². The van der Waals surface area contributed by atoms with Crippen molar-refractivity contribution in [2.24, 2.45) is 0 Å². The molecule has 6 heteroatoms. The van der Waals surface area contributed by atoms with Gasteiger partial charge in [0.2, 0.25) is 0 Å². The van der Waals surface area contributed by atoms with Crippen LogP contribution in [0.25, 0.3) is 0 Å². The molecule has 0 unspecified atom stereocenters. The summed E-state index contributed by atoms with van der Waals surface area (Å²) in [5, 5.41) is 3.10. The highest BCUT2D eigenvalue weighted by atomic mass is 35.5. The Hall–Kier alpha value is -1.65. The van der Waals surface area contributed by atoms with Crippen LogP contribution in [0.4, 0.5) is 14.5 Å². The van der Waals surface area contributed by atoms with Crippen molar-refractivity contribution in [3.8, 4) is 0 Å². The van der Waals surface area contributed by atoms with E-state index in [2.05, 4.69) is 5.32 Å². The van der Waals surface area contributed by atoms with Crippen molar-refractivity contribution in [1.29, 1.82) is 0 Å². The molecule has 0 aromatic heterocycles. The Balaban J connectivity index is 2.25. The second kappa shape index (κ2) is 5.55. The van der Waals surface area contributed by atoms with E-state index in [1.807, 2.05) is 0 Å². The molecule has 0 heterocycles. The van der Waals surface area contributed by atoms with E-state index in [0.29, 0.717) is 21.8 Å². The molecule has 2 rings (SSSR count). The van der Waals surface area contributed by atoms with E-state index in [1.54, 1.807) is 0 Å². The fourth-order valence-electron chi connectivity index (χ4n) is 1.50. The zero-order valence-corrected chi connectivity index (χ0v) is 10.9. The number of carbonyl (C=O) groups is 1. The fraction of sp³-hybridized carbons (Fsp3) is 0. The van der Waals surface area contributed by atoms with E-state index in [0.717, 1.165) is 12.1 Å². The lowest BCUT2D eigenvalue weighted by Crippen LogP contribution is -2.13. The molecule has 0 atom stereocenters. The molecular formula is C13H7Cl2F2NO. The number of carbonyl (C=O) groups excluding carboxylic acids is 1. The lowest BCUT2D eigenvalue weighted by Gasteiger charge is -2.07. The van der Waals surface area contributed by atoms with E-state index in [-0.39, 0.29) is 5.56 Å². The van der Waals surface area contributed by atoms with E-state index in [4.69, 9.17) is 23.2 Å². The van der Waals surface area contributed by atoms with Gasteiger partial charge in [-0.05, 0) is 30.3 Å². The minimum atomic E-state index is -0.939. The summed E-state index contributed by atoms with van der Waals surface area (Å²) in [5.74, 6) is -2.40. The molecule has 0 saturated heterocycles. The zero-order chi connectivity index (χ0) is 14.0. The molecule has 1 N–H and O–H groups in total. The van der Waals surface area contributed by atoms with Crippen LogP contribution in [-0.2, 0) is 0 Å². The molecule has 98 valence electrons. The first-order chi connectivity index (χ1) is 8.95. The Bertz CT molecular complexity index is 626. The van der Waals surface area contributed by atoms with Gasteiger partial charge in [0, 0.05) is 21.8 Å². The number of amides is 1. The maximum Gasteiger partial charge on any atom is 0.258 e. The Kier molecular flexibility index (Phi) is 4.02. The Morgan fingerprint density at radius 1 is 1.00 bits per heavy atom. The molecule has 0 saturated carbocycles. The largest absolute Gasteiger partial charge is 0.322 e. The first kappa shape index (κ1) is 13.8. The van der Waals surface area contributed by atoms with Crippen molar-refractivity contribution >= 4 is 34.8 Å². The highest BCUT2D eigenvalue weighted by Crippen LogP contribution is 2.23. The van der Waals surface area contributed by atoms with E-state index in [9.17, 15) is 13.6 Å². The minimum Gasteiger partial charge on any atom is -0.322 e. The quantitative estimate of drug-likeness (QED) is 0.868. The van der Waals surface area contributed by atoms with Crippen LogP contribution in [0.5, 0.6) is 0 Å². The second-order valence-electron chi connectivity index (χ2n) is 3.74. The number of nitrogens with one attached hydrogen (secondary N) is 1. The van der Waals surface area contributed by atoms with Gasteiger partial charge in [-0.1, -0.05) is 23.2 Å². The third-order valence-electron chi connectivity index (χ3n) is 2.30. The molecule has 0 radical (unpaired) electrons.